The lowest BCUT2D eigenvalue weighted by Crippen LogP contribution is -2.54. The first kappa shape index (κ1) is 19.2. The number of benzene rings is 1. The molecule has 0 aliphatic heterocycles. The lowest BCUT2D eigenvalue weighted by Gasteiger charge is -2.29. The predicted molar refractivity (Wildman–Crippen MR) is 95.2 cm³/mol. The first-order valence-electron chi connectivity index (χ1n) is 8.27. The minimum absolute atomic E-state index is 0.224. The summed E-state index contributed by atoms with van der Waals surface area (Å²) in [5, 5.41) is 12.3. The summed E-state index contributed by atoms with van der Waals surface area (Å²) < 4.78 is 25.2. The molecule has 1 aromatic carbocycles. The Bertz CT molecular complexity index is 765. The molecule has 0 unspecified atom stereocenters. The lowest BCUT2D eigenvalue weighted by atomic mass is 9.89. The molecule has 8 heteroatoms. The Kier molecular flexibility index (Phi) is 5.72. The van der Waals surface area contributed by atoms with Crippen LogP contribution < -0.4 is 10.0 Å². The van der Waals surface area contributed by atoms with E-state index in [0.29, 0.717) is 24.1 Å². The van der Waals surface area contributed by atoms with Crippen molar-refractivity contribution >= 4 is 27.6 Å². The van der Waals surface area contributed by atoms with E-state index in [1.54, 1.807) is 19.1 Å². The monoisotopic (exact) mass is 368 g/mol. The lowest BCUT2D eigenvalue weighted by molar-refractivity contribution is -0.145. The van der Waals surface area contributed by atoms with Gasteiger partial charge in [-0.2, -0.15) is 0 Å². The highest BCUT2D eigenvalue weighted by Crippen LogP contribution is 2.28. The molecular weight excluding hydrogens is 344 g/mol. The molecule has 0 atom stereocenters. The molecule has 25 heavy (non-hydrogen) atoms. The van der Waals surface area contributed by atoms with Gasteiger partial charge in [0.15, 0.2) is 0 Å². The fourth-order valence-corrected chi connectivity index (χ4v) is 3.71. The molecular formula is C17H24N2O5S. The van der Waals surface area contributed by atoms with Crippen LogP contribution in [0.3, 0.4) is 0 Å². The van der Waals surface area contributed by atoms with Crippen molar-refractivity contribution in [2.45, 2.75) is 51.0 Å². The van der Waals surface area contributed by atoms with Gasteiger partial charge in [0, 0.05) is 5.56 Å². The second-order valence-corrected chi connectivity index (χ2v) is 8.41. The number of carboxylic acids is 1. The van der Waals surface area contributed by atoms with Crippen molar-refractivity contribution in [3.8, 4) is 0 Å². The van der Waals surface area contributed by atoms with Crippen molar-refractivity contribution in [1.29, 1.82) is 0 Å². The summed E-state index contributed by atoms with van der Waals surface area (Å²) in [6, 6.07) is 4.62. The van der Waals surface area contributed by atoms with Crippen LogP contribution in [0.4, 0.5) is 5.69 Å². The Morgan fingerprint density at radius 3 is 2.24 bits per heavy atom. The van der Waals surface area contributed by atoms with Gasteiger partial charge < -0.3 is 10.4 Å². The summed E-state index contributed by atoms with van der Waals surface area (Å²) in [5.41, 5.74) is -0.0606. The normalized spacial score (nSPS) is 17.4. The highest BCUT2D eigenvalue weighted by molar-refractivity contribution is 7.92. The first-order valence-corrected chi connectivity index (χ1v) is 10.2. The van der Waals surface area contributed by atoms with Crippen LogP contribution in [-0.2, 0) is 14.8 Å². The predicted octanol–water partition coefficient (Wildman–Crippen LogP) is 2.27. The van der Waals surface area contributed by atoms with Crippen molar-refractivity contribution in [1.82, 2.24) is 5.32 Å². The number of rotatable bonds is 5. The number of carboxylic acid groups (broad SMARTS) is 1. The van der Waals surface area contributed by atoms with Crippen LogP contribution in [0, 0.1) is 6.92 Å². The molecule has 1 aromatic rings. The van der Waals surface area contributed by atoms with Gasteiger partial charge in [-0.15, -0.1) is 0 Å². The van der Waals surface area contributed by atoms with Gasteiger partial charge >= 0.3 is 5.97 Å². The van der Waals surface area contributed by atoms with Gasteiger partial charge in [0.25, 0.3) is 5.91 Å². The van der Waals surface area contributed by atoms with E-state index >= 15 is 0 Å². The Hall–Kier alpha value is -2.09. The molecule has 138 valence electrons. The van der Waals surface area contributed by atoms with Crippen molar-refractivity contribution < 1.29 is 23.1 Å². The third-order valence-electron chi connectivity index (χ3n) is 4.51. The van der Waals surface area contributed by atoms with E-state index in [1.165, 1.54) is 6.07 Å². The van der Waals surface area contributed by atoms with Crippen LogP contribution >= 0.6 is 0 Å². The molecule has 1 saturated carbocycles. The zero-order valence-corrected chi connectivity index (χ0v) is 15.3. The molecule has 0 spiro atoms. The number of sulfonamides is 1. The highest BCUT2D eigenvalue weighted by Gasteiger charge is 2.40. The van der Waals surface area contributed by atoms with Crippen LogP contribution in [0.1, 0.15) is 54.4 Å². The topological polar surface area (TPSA) is 113 Å². The number of anilines is 1. The van der Waals surface area contributed by atoms with E-state index in [0.717, 1.165) is 31.9 Å². The molecule has 1 aliphatic carbocycles. The summed E-state index contributed by atoms with van der Waals surface area (Å²) in [5.74, 6) is -1.54. The quantitative estimate of drug-likeness (QED) is 0.690. The summed E-state index contributed by atoms with van der Waals surface area (Å²) >= 11 is 0. The summed E-state index contributed by atoms with van der Waals surface area (Å²) in [6.07, 6.45) is 5.24. The maximum atomic E-state index is 12.6. The number of aryl methyl sites for hydroxylation is 1. The van der Waals surface area contributed by atoms with Crippen LogP contribution in [-0.4, -0.2) is 37.2 Å². The molecule has 7 nitrogen and oxygen atoms in total. The summed E-state index contributed by atoms with van der Waals surface area (Å²) in [7, 11) is -3.48. The number of carbonyl (C=O) groups is 2. The smallest absolute Gasteiger partial charge is 0.329 e. The Balaban J connectivity index is 2.27. The van der Waals surface area contributed by atoms with Gasteiger partial charge in [-0.3, -0.25) is 9.52 Å². The van der Waals surface area contributed by atoms with E-state index in [2.05, 4.69) is 10.0 Å². The average molecular weight is 368 g/mol. The minimum Gasteiger partial charge on any atom is -0.480 e. The zero-order valence-electron chi connectivity index (χ0n) is 14.5. The second-order valence-electron chi connectivity index (χ2n) is 6.66. The average Bonchev–Trinajstić information content (AvgIpc) is 2.74. The maximum absolute atomic E-state index is 12.6. The van der Waals surface area contributed by atoms with Crippen molar-refractivity contribution in [3.63, 3.8) is 0 Å². The molecule has 3 N–H and O–H groups in total. The van der Waals surface area contributed by atoms with E-state index in [-0.39, 0.29) is 5.56 Å². The third kappa shape index (κ3) is 4.94. The van der Waals surface area contributed by atoms with E-state index in [1.807, 2.05) is 0 Å². The van der Waals surface area contributed by atoms with Crippen molar-refractivity contribution in [3.05, 3.63) is 29.3 Å². The molecule has 1 amide bonds. The molecule has 1 aliphatic rings. The fourth-order valence-electron chi connectivity index (χ4n) is 3.09. The van der Waals surface area contributed by atoms with Gasteiger partial charge in [-0.1, -0.05) is 31.7 Å². The summed E-state index contributed by atoms with van der Waals surface area (Å²) in [4.78, 5) is 24.4. The standard InChI is InChI=1S/C17H24N2O5S/c1-12-7-8-13(11-14(12)19-25(2,23)24)15(20)18-17(16(21)22)9-5-3-4-6-10-17/h7-8,11,19H,3-6,9-10H2,1-2H3,(H,18,20)(H,21,22). The van der Waals surface area contributed by atoms with E-state index in [4.69, 9.17) is 0 Å². The Morgan fingerprint density at radius 2 is 1.72 bits per heavy atom. The van der Waals surface area contributed by atoms with Gasteiger partial charge in [-0.05, 0) is 37.5 Å². The molecule has 0 bridgehead atoms. The molecule has 0 heterocycles. The van der Waals surface area contributed by atoms with Gasteiger partial charge in [-0.25, -0.2) is 13.2 Å². The van der Waals surface area contributed by atoms with Gasteiger partial charge in [0.1, 0.15) is 5.54 Å². The Labute approximate surface area is 147 Å². The third-order valence-corrected chi connectivity index (χ3v) is 5.11. The zero-order chi connectivity index (χ0) is 18.7. The first-order chi connectivity index (χ1) is 11.6. The number of nitrogens with one attached hydrogen (secondary N) is 2. The van der Waals surface area contributed by atoms with Crippen LogP contribution in [0.2, 0.25) is 0 Å². The molecule has 0 saturated heterocycles. The molecule has 1 fully saturated rings. The molecule has 2 rings (SSSR count). The maximum Gasteiger partial charge on any atom is 0.329 e. The highest BCUT2D eigenvalue weighted by atomic mass is 32.2. The second kappa shape index (κ2) is 7.43. The van der Waals surface area contributed by atoms with Crippen molar-refractivity contribution in [2.24, 2.45) is 0 Å². The minimum atomic E-state index is -3.48. The van der Waals surface area contributed by atoms with E-state index in [9.17, 15) is 23.1 Å². The number of aliphatic carboxylic acids is 1. The summed E-state index contributed by atoms with van der Waals surface area (Å²) in [6.45, 7) is 1.72. The fraction of sp³-hybridized carbons (Fsp3) is 0.529. The number of amides is 1. The SMILES string of the molecule is Cc1ccc(C(=O)NC2(C(=O)O)CCCCCC2)cc1NS(C)(=O)=O. The van der Waals surface area contributed by atoms with Crippen LogP contribution in [0.5, 0.6) is 0 Å². The molecule has 0 aromatic heterocycles. The number of carbonyl (C=O) groups excluding carboxylic acids is 1. The largest absolute Gasteiger partial charge is 0.480 e. The van der Waals surface area contributed by atoms with E-state index < -0.39 is 27.4 Å². The number of hydrogen-bond donors (Lipinski definition) is 3. The number of hydrogen-bond acceptors (Lipinski definition) is 4. The van der Waals surface area contributed by atoms with Crippen LogP contribution in [0.15, 0.2) is 18.2 Å². The van der Waals surface area contributed by atoms with Gasteiger partial charge in [0.05, 0.1) is 11.9 Å². The van der Waals surface area contributed by atoms with Crippen molar-refractivity contribution in [2.75, 3.05) is 11.0 Å². The molecule has 0 radical (unpaired) electrons. The van der Waals surface area contributed by atoms with Crippen LogP contribution in [0.25, 0.3) is 0 Å². The van der Waals surface area contributed by atoms with Gasteiger partial charge in [0.2, 0.25) is 10.0 Å². The Morgan fingerprint density at radius 1 is 1.12 bits per heavy atom.